The Morgan fingerprint density at radius 1 is 1.22 bits per heavy atom. The Morgan fingerprint density at radius 2 is 2.00 bits per heavy atom. The summed E-state index contributed by atoms with van der Waals surface area (Å²) in [5.74, 6) is 1.59. The molecular weight excluding hydrogens is 292 g/mol. The lowest BCUT2D eigenvalue weighted by Gasteiger charge is -2.34. The zero-order valence-electron chi connectivity index (χ0n) is 14.4. The molecule has 0 amide bonds. The van der Waals surface area contributed by atoms with Gasteiger partial charge in [-0.2, -0.15) is 0 Å². The number of rotatable bonds is 9. The Balaban J connectivity index is 2.10. The number of nitrogens with two attached hydrogens (primary N) is 1. The van der Waals surface area contributed by atoms with Crippen molar-refractivity contribution in [3.8, 4) is 11.5 Å². The Labute approximate surface area is 139 Å². The van der Waals surface area contributed by atoms with E-state index in [0.29, 0.717) is 6.54 Å². The van der Waals surface area contributed by atoms with Crippen LogP contribution < -0.4 is 15.2 Å². The molecule has 1 aliphatic rings. The highest BCUT2D eigenvalue weighted by atomic mass is 16.5. The van der Waals surface area contributed by atoms with Crippen molar-refractivity contribution in [2.45, 2.75) is 32.2 Å². The van der Waals surface area contributed by atoms with E-state index in [4.69, 9.17) is 19.9 Å². The molecule has 2 N–H and O–H groups in total. The van der Waals surface area contributed by atoms with Crippen LogP contribution in [0.25, 0.3) is 0 Å². The SMILES string of the molecule is CCCCCOc1cc(C(CN)N2CCOCC2)ccc1OC. The van der Waals surface area contributed by atoms with Crippen molar-refractivity contribution in [1.29, 1.82) is 0 Å². The fourth-order valence-electron chi connectivity index (χ4n) is 2.93. The summed E-state index contributed by atoms with van der Waals surface area (Å²) in [5, 5.41) is 0. The summed E-state index contributed by atoms with van der Waals surface area (Å²) >= 11 is 0. The van der Waals surface area contributed by atoms with E-state index in [0.717, 1.165) is 50.8 Å². The van der Waals surface area contributed by atoms with Crippen LogP contribution >= 0.6 is 0 Å². The number of ether oxygens (including phenoxy) is 3. The maximum absolute atomic E-state index is 6.04. The lowest BCUT2D eigenvalue weighted by molar-refractivity contribution is 0.0178. The number of unbranched alkanes of at least 4 members (excludes halogenated alkanes) is 2. The molecule has 1 aliphatic heterocycles. The van der Waals surface area contributed by atoms with Gasteiger partial charge in [0.05, 0.1) is 26.9 Å². The van der Waals surface area contributed by atoms with E-state index in [-0.39, 0.29) is 6.04 Å². The summed E-state index contributed by atoms with van der Waals surface area (Å²) in [6, 6.07) is 6.35. The molecule has 2 rings (SSSR count). The third-order valence-electron chi connectivity index (χ3n) is 4.29. The third-order valence-corrected chi connectivity index (χ3v) is 4.29. The van der Waals surface area contributed by atoms with E-state index in [9.17, 15) is 0 Å². The first-order chi connectivity index (χ1) is 11.3. The van der Waals surface area contributed by atoms with E-state index >= 15 is 0 Å². The van der Waals surface area contributed by atoms with Crippen molar-refractivity contribution in [3.05, 3.63) is 23.8 Å². The first kappa shape index (κ1) is 18.0. The molecule has 0 saturated carbocycles. The van der Waals surface area contributed by atoms with Crippen LogP contribution in [0.3, 0.4) is 0 Å². The molecule has 1 saturated heterocycles. The second-order valence-electron chi connectivity index (χ2n) is 5.87. The van der Waals surface area contributed by atoms with Gasteiger partial charge in [-0.05, 0) is 24.1 Å². The predicted molar refractivity (Wildman–Crippen MR) is 92.2 cm³/mol. The molecule has 1 atom stereocenters. The molecular formula is C18H30N2O3. The molecule has 1 aromatic rings. The lowest BCUT2D eigenvalue weighted by Crippen LogP contribution is -2.41. The topological polar surface area (TPSA) is 57.0 Å². The second-order valence-corrected chi connectivity index (χ2v) is 5.87. The summed E-state index contributed by atoms with van der Waals surface area (Å²) < 4.78 is 16.8. The standard InChI is InChI=1S/C18H30N2O3/c1-3-4-5-10-23-18-13-15(6-7-17(18)21-2)16(14-19)20-8-11-22-12-9-20/h6-7,13,16H,3-5,8-12,14,19H2,1-2H3. The van der Waals surface area contributed by atoms with Crippen molar-refractivity contribution in [1.82, 2.24) is 4.90 Å². The molecule has 1 aromatic carbocycles. The molecule has 1 unspecified atom stereocenters. The molecule has 0 bridgehead atoms. The molecule has 1 fully saturated rings. The summed E-state index contributed by atoms with van der Waals surface area (Å²) in [4.78, 5) is 2.38. The Bertz CT molecular complexity index is 462. The van der Waals surface area contributed by atoms with Gasteiger partial charge >= 0.3 is 0 Å². The molecule has 5 heteroatoms. The molecule has 0 radical (unpaired) electrons. The molecule has 0 aromatic heterocycles. The second kappa shape index (κ2) is 9.75. The highest BCUT2D eigenvalue weighted by Gasteiger charge is 2.22. The van der Waals surface area contributed by atoms with Crippen molar-refractivity contribution in [2.24, 2.45) is 5.73 Å². The highest BCUT2D eigenvalue weighted by Crippen LogP contribution is 2.32. The predicted octanol–water partition coefficient (Wildman–Crippen LogP) is 2.60. The Morgan fingerprint density at radius 3 is 2.65 bits per heavy atom. The minimum atomic E-state index is 0.197. The molecule has 5 nitrogen and oxygen atoms in total. The minimum absolute atomic E-state index is 0.197. The molecule has 23 heavy (non-hydrogen) atoms. The van der Waals surface area contributed by atoms with E-state index in [2.05, 4.69) is 24.0 Å². The van der Waals surface area contributed by atoms with E-state index in [1.165, 1.54) is 18.4 Å². The van der Waals surface area contributed by atoms with Gasteiger partial charge in [-0.25, -0.2) is 0 Å². The smallest absolute Gasteiger partial charge is 0.161 e. The number of hydrogen-bond donors (Lipinski definition) is 1. The number of morpholine rings is 1. The monoisotopic (exact) mass is 322 g/mol. The quantitative estimate of drug-likeness (QED) is 0.708. The molecule has 0 spiro atoms. The van der Waals surface area contributed by atoms with Gasteiger partial charge in [-0.3, -0.25) is 4.90 Å². The summed E-state index contributed by atoms with van der Waals surface area (Å²) in [5.41, 5.74) is 7.22. The van der Waals surface area contributed by atoms with E-state index in [1.807, 2.05) is 6.07 Å². The van der Waals surface area contributed by atoms with Gasteiger partial charge < -0.3 is 19.9 Å². The number of benzene rings is 1. The van der Waals surface area contributed by atoms with Gasteiger partial charge in [0.15, 0.2) is 11.5 Å². The van der Waals surface area contributed by atoms with Crippen LogP contribution in [-0.2, 0) is 4.74 Å². The number of nitrogens with zero attached hydrogens (tertiary/aromatic N) is 1. The zero-order chi connectivity index (χ0) is 16.5. The highest BCUT2D eigenvalue weighted by molar-refractivity contribution is 5.44. The van der Waals surface area contributed by atoms with Crippen LogP contribution in [0.1, 0.15) is 37.8 Å². The van der Waals surface area contributed by atoms with Crippen LogP contribution in [0.4, 0.5) is 0 Å². The van der Waals surface area contributed by atoms with Crippen molar-refractivity contribution in [2.75, 3.05) is 46.6 Å². The number of methoxy groups -OCH3 is 1. The zero-order valence-corrected chi connectivity index (χ0v) is 14.4. The number of hydrogen-bond acceptors (Lipinski definition) is 5. The summed E-state index contributed by atoms with van der Waals surface area (Å²) in [6.45, 7) is 6.87. The van der Waals surface area contributed by atoms with Crippen molar-refractivity contribution in [3.63, 3.8) is 0 Å². The van der Waals surface area contributed by atoms with E-state index < -0.39 is 0 Å². The van der Waals surface area contributed by atoms with Crippen molar-refractivity contribution >= 4 is 0 Å². The summed E-state index contributed by atoms with van der Waals surface area (Å²) in [6.07, 6.45) is 3.43. The van der Waals surface area contributed by atoms with Gasteiger partial charge in [0.25, 0.3) is 0 Å². The largest absolute Gasteiger partial charge is 0.493 e. The van der Waals surface area contributed by atoms with Crippen LogP contribution in [-0.4, -0.2) is 51.5 Å². The Hall–Kier alpha value is -1.30. The van der Waals surface area contributed by atoms with Crippen molar-refractivity contribution < 1.29 is 14.2 Å². The Kier molecular flexibility index (Phi) is 7.65. The van der Waals surface area contributed by atoms with Gasteiger partial charge in [0, 0.05) is 25.7 Å². The maximum atomic E-state index is 6.04. The van der Waals surface area contributed by atoms with Gasteiger partial charge in [-0.15, -0.1) is 0 Å². The lowest BCUT2D eigenvalue weighted by atomic mass is 10.0. The maximum Gasteiger partial charge on any atom is 0.161 e. The van der Waals surface area contributed by atoms with Crippen LogP contribution in [0.5, 0.6) is 11.5 Å². The van der Waals surface area contributed by atoms with Crippen LogP contribution in [0, 0.1) is 0 Å². The van der Waals surface area contributed by atoms with Gasteiger partial charge in [0.1, 0.15) is 0 Å². The van der Waals surface area contributed by atoms with Gasteiger partial charge in [-0.1, -0.05) is 25.8 Å². The third kappa shape index (κ3) is 5.09. The minimum Gasteiger partial charge on any atom is -0.493 e. The fraction of sp³-hybridized carbons (Fsp3) is 0.667. The molecule has 1 heterocycles. The van der Waals surface area contributed by atoms with Gasteiger partial charge in [0.2, 0.25) is 0 Å². The van der Waals surface area contributed by atoms with E-state index in [1.54, 1.807) is 7.11 Å². The first-order valence-corrected chi connectivity index (χ1v) is 8.62. The van der Waals surface area contributed by atoms with Crippen LogP contribution in [0.2, 0.25) is 0 Å². The van der Waals surface area contributed by atoms with Crippen LogP contribution in [0.15, 0.2) is 18.2 Å². The normalized spacial score (nSPS) is 17.0. The molecule has 130 valence electrons. The first-order valence-electron chi connectivity index (χ1n) is 8.62. The summed E-state index contributed by atoms with van der Waals surface area (Å²) in [7, 11) is 1.68. The average molecular weight is 322 g/mol. The average Bonchev–Trinajstić information content (AvgIpc) is 2.60. The molecule has 0 aliphatic carbocycles. The fourth-order valence-corrected chi connectivity index (χ4v) is 2.93.